The van der Waals surface area contributed by atoms with Gasteiger partial charge in [-0.1, -0.05) is 55.8 Å². The molecule has 0 aliphatic carbocycles. The van der Waals surface area contributed by atoms with Crippen LogP contribution in [0, 0.1) is 0 Å². The first-order valence-electron chi connectivity index (χ1n) is 7.22. The Morgan fingerprint density at radius 1 is 1.00 bits per heavy atom. The number of para-hydroxylation sites is 1. The molecule has 106 valence electrons. The fourth-order valence-corrected chi connectivity index (χ4v) is 2.37. The lowest BCUT2D eigenvalue weighted by Gasteiger charge is -2.12. The maximum absolute atomic E-state index is 5.18. The highest BCUT2D eigenvalue weighted by Gasteiger charge is 2.01. The van der Waals surface area contributed by atoms with Gasteiger partial charge in [0.25, 0.3) is 0 Å². The van der Waals surface area contributed by atoms with Crippen LogP contribution in [-0.2, 0) is 24.3 Å². The van der Waals surface area contributed by atoms with Gasteiger partial charge in [0.05, 0.1) is 6.61 Å². The zero-order chi connectivity index (χ0) is 14.2. The molecular weight excluding hydrogens is 246 g/mol. The van der Waals surface area contributed by atoms with Gasteiger partial charge in [0.2, 0.25) is 0 Å². The van der Waals surface area contributed by atoms with Gasteiger partial charge in [-0.25, -0.2) is 0 Å². The van der Waals surface area contributed by atoms with Crippen molar-refractivity contribution in [2.75, 3.05) is 12.4 Å². The van der Waals surface area contributed by atoms with Gasteiger partial charge in [-0.3, -0.25) is 0 Å². The van der Waals surface area contributed by atoms with Crippen molar-refractivity contribution >= 4 is 5.69 Å². The summed E-state index contributed by atoms with van der Waals surface area (Å²) < 4.78 is 5.18. The summed E-state index contributed by atoms with van der Waals surface area (Å²) in [6.07, 6.45) is 2.29. The number of ether oxygens (including phenoxy) is 1. The average molecular weight is 269 g/mol. The van der Waals surface area contributed by atoms with Crippen LogP contribution in [0.1, 0.15) is 30.0 Å². The number of benzene rings is 2. The SMILES string of the molecule is CCCc1ccccc1NCc1cccc(COC)c1. The number of hydrogen-bond donors (Lipinski definition) is 1. The average Bonchev–Trinajstić information content (AvgIpc) is 2.47. The molecule has 2 rings (SSSR count). The summed E-state index contributed by atoms with van der Waals surface area (Å²) in [4.78, 5) is 0. The molecule has 2 nitrogen and oxygen atoms in total. The van der Waals surface area contributed by atoms with E-state index in [4.69, 9.17) is 4.74 Å². The maximum atomic E-state index is 5.18. The van der Waals surface area contributed by atoms with E-state index in [0.717, 1.165) is 13.0 Å². The minimum Gasteiger partial charge on any atom is -0.381 e. The van der Waals surface area contributed by atoms with Gasteiger partial charge in [0, 0.05) is 19.3 Å². The van der Waals surface area contributed by atoms with Gasteiger partial charge in [-0.05, 0) is 29.2 Å². The molecule has 2 heteroatoms. The van der Waals surface area contributed by atoms with Crippen LogP contribution < -0.4 is 5.32 Å². The largest absolute Gasteiger partial charge is 0.381 e. The van der Waals surface area contributed by atoms with Crippen LogP contribution in [0.25, 0.3) is 0 Å². The van der Waals surface area contributed by atoms with Crippen molar-refractivity contribution in [3.8, 4) is 0 Å². The summed E-state index contributed by atoms with van der Waals surface area (Å²) in [5.41, 5.74) is 5.13. The van der Waals surface area contributed by atoms with E-state index in [1.165, 1.54) is 28.8 Å². The van der Waals surface area contributed by atoms with Crippen molar-refractivity contribution in [2.24, 2.45) is 0 Å². The summed E-state index contributed by atoms with van der Waals surface area (Å²) in [6, 6.07) is 17.1. The lowest BCUT2D eigenvalue weighted by Crippen LogP contribution is -2.03. The third-order valence-electron chi connectivity index (χ3n) is 3.32. The van der Waals surface area contributed by atoms with Gasteiger partial charge in [0.15, 0.2) is 0 Å². The minimum atomic E-state index is 0.667. The Labute approximate surface area is 121 Å². The molecule has 0 aromatic heterocycles. The Bertz CT molecular complexity index is 536. The van der Waals surface area contributed by atoms with Crippen molar-refractivity contribution in [2.45, 2.75) is 32.9 Å². The molecule has 0 aliphatic heterocycles. The van der Waals surface area contributed by atoms with E-state index < -0.39 is 0 Å². The first kappa shape index (κ1) is 14.6. The van der Waals surface area contributed by atoms with E-state index in [0.29, 0.717) is 6.61 Å². The zero-order valence-corrected chi connectivity index (χ0v) is 12.4. The standard InChI is InChI=1S/C18H23NO/c1-3-7-17-10-4-5-11-18(17)19-13-15-8-6-9-16(12-15)14-20-2/h4-6,8-12,19H,3,7,13-14H2,1-2H3. The molecule has 0 amide bonds. The first-order chi connectivity index (χ1) is 9.83. The number of nitrogens with one attached hydrogen (secondary N) is 1. The minimum absolute atomic E-state index is 0.667. The molecule has 0 spiro atoms. The molecule has 0 radical (unpaired) electrons. The highest BCUT2D eigenvalue weighted by atomic mass is 16.5. The Hall–Kier alpha value is -1.80. The Balaban J connectivity index is 2.03. The number of methoxy groups -OCH3 is 1. The number of anilines is 1. The third kappa shape index (κ3) is 4.10. The smallest absolute Gasteiger partial charge is 0.0713 e. The molecule has 1 N–H and O–H groups in total. The molecule has 20 heavy (non-hydrogen) atoms. The van der Waals surface area contributed by atoms with Crippen molar-refractivity contribution < 1.29 is 4.74 Å². The number of rotatable bonds is 7. The summed E-state index contributed by atoms with van der Waals surface area (Å²) in [5, 5.41) is 3.54. The molecule has 2 aromatic rings. The second-order valence-corrected chi connectivity index (χ2v) is 5.01. The molecule has 0 saturated carbocycles. The van der Waals surface area contributed by atoms with E-state index >= 15 is 0 Å². The maximum Gasteiger partial charge on any atom is 0.0713 e. The molecule has 0 fully saturated rings. The predicted octanol–water partition coefficient (Wildman–Crippen LogP) is 4.40. The van der Waals surface area contributed by atoms with E-state index in [1.54, 1.807) is 7.11 Å². The fraction of sp³-hybridized carbons (Fsp3) is 0.333. The summed E-state index contributed by atoms with van der Waals surface area (Å²) in [6.45, 7) is 3.73. The van der Waals surface area contributed by atoms with Crippen molar-refractivity contribution in [3.05, 3.63) is 65.2 Å². The van der Waals surface area contributed by atoms with Gasteiger partial charge in [-0.15, -0.1) is 0 Å². The van der Waals surface area contributed by atoms with Gasteiger partial charge < -0.3 is 10.1 Å². The van der Waals surface area contributed by atoms with Gasteiger partial charge in [0.1, 0.15) is 0 Å². The zero-order valence-electron chi connectivity index (χ0n) is 12.4. The molecule has 0 aliphatic rings. The topological polar surface area (TPSA) is 21.3 Å². The van der Waals surface area contributed by atoms with E-state index in [9.17, 15) is 0 Å². The van der Waals surface area contributed by atoms with Crippen molar-refractivity contribution in [3.63, 3.8) is 0 Å². The highest BCUT2D eigenvalue weighted by molar-refractivity contribution is 5.51. The quantitative estimate of drug-likeness (QED) is 0.804. The van der Waals surface area contributed by atoms with Crippen LogP contribution in [0.3, 0.4) is 0 Å². The Kier molecular flexibility index (Phi) is 5.63. The Morgan fingerprint density at radius 2 is 1.80 bits per heavy atom. The molecule has 0 saturated heterocycles. The second kappa shape index (κ2) is 7.71. The van der Waals surface area contributed by atoms with Crippen LogP contribution in [0.15, 0.2) is 48.5 Å². The first-order valence-corrected chi connectivity index (χ1v) is 7.22. The lowest BCUT2D eigenvalue weighted by molar-refractivity contribution is 0.185. The van der Waals surface area contributed by atoms with Gasteiger partial charge in [-0.2, -0.15) is 0 Å². The normalized spacial score (nSPS) is 10.5. The van der Waals surface area contributed by atoms with E-state index in [1.807, 2.05) is 0 Å². The third-order valence-corrected chi connectivity index (χ3v) is 3.32. The predicted molar refractivity (Wildman–Crippen MR) is 84.9 cm³/mol. The summed E-state index contributed by atoms with van der Waals surface area (Å²) in [5.74, 6) is 0. The van der Waals surface area contributed by atoms with Gasteiger partial charge >= 0.3 is 0 Å². The molecule has 0 heterocycles. The van der Waals surface area contributed by atoms with Crippen LogP contribution >= 0.6 is 0 Å². The molecule has 0 bridgehead atoms. The van der Waals surface area contributed by atoms with Crippen molar-refractivity contribution in [1.29, 1.82) is 0 Å². The number of aryl methyl sites for hydroxylation is 1. The molecule has 0 atom stereocenters. The second-order valence-electron chi connectivity index (χ2n) is 5.01. The molecule has 2 aromatic carbocycles. The summed E-state index contributed by atoms with van der Waals surface area (Å²) in [7, 11) is 1.73. The van der Waals surface area contributed by atoms with Crippen LogP contribution in [0.4, 0.5) is 5.69 Å². The number of hydrogen-bond acceptors (Lipinski definition) is 2. The monoisotopic (exact) mass is 269 g/mol. The fourth-order valence-electron chi connectivity index (χ4n) is 2.37. The molecule has 0 unspecified atom stereocenters. The van der Waals surface area contributed by atoms with E-state index in [-0.39, 0.29) is 0 Å². The summed E-state index contributed by atoms with van der Waals surface area (Å²) >= 11 is 0. The molecular formula is C18H23NO. The van der Waals surface area contributed by atoms with Crippen LogP contribution in [0.2, 0.25) is 0 Å². The van der Waals surface area contributed by atoms with Crippen molar-refractivity contribution in [1.82, 2.24) is 0 Å². The lowest BCUT2D eigenvalue weighted by atomic mass is 10.1. The Morgan fingerprint density at radius 3 is 2.60 bits per heavy atom. The van der Waals surface area contributed by atoms with E-state index in [2.05, 4.69) is 60.8 Å². The van der Waals surface area contributed by atoms with Crippen LogP contribution in [0.5, 0.6) is 0 Å². The van der Waals surface area contributed by atoms with Crippen LogP contribution in [-0.4, -0.2) is 7.11 Å². The highest BCUT2D eigenvalue weighted by Crippen LogP contribution is 2.18.